The zero-order valence-corrected chi connectivity index (χ0v) is 16.5. The zero-order chi connectivity index (χ0) is 21.5. The van der Waals surface area contributed by atoms with Gasteiger partial charge in [0.2, 0.25) is 11.2 Å². The summed E-state index contributed by atoms with van der Waals surface area (Å²) in [6, 6.07) is 12.8. The number of carbonyl (C=O) groups excluding carboxylic acids is 4. The third-order valence-electron chi connectivity index (χ3n) is 5.25. The van der Waals surface area contributed by atoms with E-state index >= 15 is 0 Å². The van der Waals surface area contributed by atoms with Gasteiger partial charge in [-0.15, -0.1) is 0 Å². The van der Waals surface area contributed by atoms with Crippen LogP contribution in [0.25, 0.3) is 0 Å². The van der Waals surface area contributed by atoms with Crippen LogP contribution in [0.2, 0.25) is 0 Å². The molecule has 7 heteroatoms. The third-order valence-corrected chi connectivity index (χ3v) is 5.25. The van der Waals surface area contributed by atoms with E-state index in [1.807, 2.05) is 0 Å². The molecule has 2 aliphatic rings. The summed E-state index contributed by atoms with van der Waals surface area (Å²) < 4.78 is 10.5. The maximum atomic E-state index is 13.6. The fourth-order valence-corrected chi connectivity index (χ4v) is 4.03. The lowest BCUT2D eigenvalue weighted by Crippen LogP contribution is -2.54. The monoisotopic (exact) mass is 405 g/mol. The van der Waals surface area contributed by atoms with Gasteiger partial charge in [-0.05, 0) is 19.9 Å². The number of ketones is 2. The lowest BCUT2D eigenvalue weighted by molar-refractivity contribution is -0.162. The van der Waals surface area contributed by atoms with Crippen LogP contribution in [0.1, 0.15) is 40.1 Å². The van der Waals surface area contributed by atoms with Crippen LogP contribution in [0.15, 0.2) is 59.8 Å². The van der Waals surface area contributed by atoms with Crippen molar-refractivity contribution in [3.8, 4) is 0 Å². The van der Waals surface area contributed by atoms with Gasteiger partial charge in [0, 0.05) is 22.4 Å². The van der Waals surface area contributed by atoms with E-state index in [2.05, 4.69) is 5.32 Å². The van der Waals surface area contributed by atoms with Gasteiger partial charge < -0.3 is 14.8 Å². The van der Waals surface area contributed by atoms with E-state index in [1.54, 1.807) is 50.2 Å². The molecular formula is C23H19NO6. The topological polar surface area (TPSA) is 98.8 Å². The molecule has 0 aromatic heterocycles. The van der Waals surface area contributed by atoms with E-state index in [0.29, 0.717) is 5.69 Å². The van der Waals surface area contributed by atoms with E-state index in [0.717, 1.165) is 0 Å². The molecule has 0 fully saturated rings. The molecule has 0 atom stereocenters. The number of ether oxygens (including phenoxy) is 2. The molecule has 1 aliphatic carbocycles. The van der Waals surface area contributed by atoms with Gasteiger partial charge in [-0.1, -0.05) is 42.5 Å². The van der Waals surface area contributed by atoms with Gasteiger partial charge in [-0.25, -0.2) is 0 Å². The Bertz CT molecular complexity index is 1110. The summed E-state index contributed by atoms with van der Waals surface area (Å²) in [5.74, 6) is -2.98. The summed E-state index contributed by atoms with van der Waals surface area (Å²) in [5, 5.41) is 2.96. The Labute approximate surface area is 172 Å². The molecule has 7 nitrogen and oxygen atoms in total. The summed E-state index contributed by atoms with van der Waals surface area (Å²) in [7, 11) is 0. The second kappa shape index (κ2) is 7.26. The number of nitrogens with one attached hydrogen (secondary N) is 1. The van der Waals surface area contributed by atoms with Crippen molar-refractivity contribution in [1.29, 1.82) is 0 Å². The highest BCUT2D eigenvalue weighted by molar-refractivity contribution is 6.34. The molecule has 0 radical (unpaired) electrons. The maximum absolute atomic E-state index is 13.6. The van der Waals surface area contributed by atoms with Crippen molar-refractivity contribution in [2.75, 3.05) is 18.5 Å². The molecule has 0 saturated carbocycles. The number of fused-ring (bicyclic) bond motifs is 2. The van der Waals surface area contributed by atoms with Crippen LogP contribution in [0.5, 0.6) is 0 Å². The Morgan fingerprint density at radius 1 is 0.833 bits per heavy atom. The first kappa shape index (κ1) is 19.6. The Hall–Kier alpha value is -3.74. The van der Waals surface area contributed by atoms with Gasteiger partial charge in [0.15, 0.2) is 5.78 Å². The number of Topliss-reactive ketones (excluding diaryl/α,β-unsaturated/α-hetero) is 2. The SMILES string of the molecule is CCOC(=O)C1(C(=O)OCC)C2=C(Nc3ccccc31)C(=O)c1ccccc1C2=O. The largest absolute Gasteiger partial charge is 0.465 e. The number of hydrogen-bond donors (Lipinski definition) is 1. The molecule has 0 unspecified atom stereocenters. The minimum atomic E-state index is -2.20. The molecule has 2 aromatic rings. The quantitative estimate of drug-likeness (QED) is 0.617. The normalized spacial score (nSPS) is 16.1. The van der Waals surface area contributed by atoms with E-state index in [-0.39, 0.29) is 41.2 Å². The Morgan fingerprint density at radius 2 is 1.37 bits per heavy atom. The van der Waals surface area contributed by atoms with Crippen LogP contribution < -0.4 is 5.32 Å². The molecule has 0 bridgehead atoms. The van der Waals surface area contributed by atoms with Gasteiger partial charge in [-0.3, -0.25) is 19.2 Å². The van der Waals surface area contributed by atoms with Gasteiger partial charge in [0.05, 0.1) is 24.5 Å². The van der Waals surface area contributed by atoms with Crippen molar-refractivity contribution >= 4 is 29.2 Å². The Kier molecular flexibility index (Phi) is 4.73. The predicted octanol–water partition coefficient (Wildman–Crippen LogP) is 2.81. The van der Waals surface area contributed by atoms with Crippen molar-refractivity contribution in [2.24, 2.45) is 0 Å². The smallest absolute Gasteiger partial charge is 0.333 e. The molecule has 1 aliphatic heterocycles. The number of carbonyl (C=O) groups is 4. The molecule has 0 saturated heterocycles. The number of hydrogen-bond acceptors (Lipinski definition) is 7. The average molecular weight is 405 g/mol. The van der Waals surface area contributed by atoms with E-state index in [4.69, 9.17) is 9.47 Å². The van der Waals surface area contributed by atoms with Crippen molar-refractivity contribution in [3.05, 3.63) is 76.5 Å². The second-order valence-corrected chi connectivity index (χ2v) is 6.82. The third kappa shape index (κ3) is 2.51. The number of benzene rings is 2. The van der Waals surface area contributed by atoms with Crippen LogP contribution in [-0.2, 0) is 24.5 Å². The van der Waals surface area contributed by atoms with Gasteiger partial charge >= 0.3 is 11.9 Å². The van der Waals surface area contributed by atoms with Crippen molar-refractivity contribution in [1.82, 2.24) is 0 Å². The van der Waals surface area contributed by atoms with E-state index < -0.39 is 28.9 Å². The Morgan fingerprint density at radius 3 is 1.97 bits per heavy atom. The van der Waals surface area contributed by atoms with Crippen LogP contribution in [0, 0.1) is 0 Å². The average Bonchev–Trinajstić information content (AvgIpc) is 2.76. The molecule has 30 heavy (non-hydrogen) atoms. The van der Waals surface area contributed by atoms with Crippen LogP contribution >= 0.6 is 0 Å². The first-order valence-electron chi connectivity index (χ1n) is 9.62. The first-order valence-corrected chi connectivity index (χ1v) is 9.62. The van der Waals surface area contributed by atoms with Gasteiger partial charge in [-0.2, -0.15) is 0 Å². The minimum absolute atomic E-state index is 0.0169. The summed E-state index contributed by atoms with van der Waals surface area (Å²) in [6.07, 6.45) is 0. The van der Waals surface area contributed by atoms with Crippen LogP contribution in [-0.4, -0.2) is 36.7 Å². The fraction of sp³-hybridized carbons (Fsp3) is 0.217. The van der Waals surface area contributed by atoms with Gasteiger partial charge in [0.1, 0.15) is 0 Å². The highest BCUT2D eigenvalue weighted by Crippen LogP contribution is 2.48. The lowest BCUT2D eigenvalue weighted by atomic mass is 9.65. The minimum Gasteiger partial charge on any atom is -0.465 e. The number of rotatable bonds is 4. The first-order chi connectivity index (χ1) is 14.5. The second-order valence-electron chi connectivity index (χ2n) is 6.82. The van der Waals surface area contributed by atoms with Crippen molar-refractivity contribution in [3.63, 3.8) is 0 Å². The molecular weight excluding hydrogens is 386 g/mol. The zero-order valence-electron chi connectivity index (χ0n) is 16.5. The van der Waals surface area contributed by atoms with Crippen molar-refractivity contribution < 1.29 is 28.7 Å². The predicted molar refractivity (Wildman–Crippen MR) is 107 cm³/mol. The van der Waals surface area contributed by atoms with Crippen LogP contribution in [0.3, 0.4) is 0 Å². The highest BCUT2D eigenvalue weighted by Gasteiger charge is 2.61. The summed E-state index contributed by atoms with van der Waals surface area (Å²) >= 11 is 0. The standard InChI is InChI=1S/C23H19NO6/c1-3-29-21(27)23(22(28)30-4-2)15-11-7-8-12-16(15)24-18-17(23)19(25)13-9-5-6-10-14(13)20(18)26/h5-12,24H,3-4H2,1-2H3. The van der Waals surface area contributed by atoms with E-state index in [9.17, 15) is 19.2 Å². The summed E-state index contributed by atoms with van der Waals surface area (Å²) in [5.41, 5.74) is -1.68. The maximum Gasteiger partial charge on any atom is 0.333 e. The summed E-state index contributed by atoms with van der Waals surface area (Å²) in [4.78, 5) is 53.6. The number of esters is 2. The molecule has 152 valence electrons. The molecule has 0 spiro atoms. The Balaban J connectivity index is 2.10. The molecule has 2 aromatic carbocycles. The lowest BCUT2D eigenvalue weighted by Gasteiger charge is -2.39. The van der Waals surface area contributed by atoms with E-state index in [1.165, 1.54) is 12.1 Å². The number of allylic oxidation sites excluding steroid dienone is 1. The number of para-hydroxylation sites is 1. The molecule has 1 heterocycles. The molecule has 4 rings (SSSR count). The highest BCUT2D eigenvalue weighted by atomic mass is 16.6. The fourth-order valence-electron chi connectivity index (χ4n) is 4.03. The summed E-state index contributed by atoms with van der Waals surface area (Å²) in [6.45, 7) is 3.16. The van der Waals surface area contributed by atoms with Crippen molar-refractivity contribution in [2.45, 2.75) is 19.3 Å². The van der Waals surface area contributed by atoms with Crippen LogP contribution in [0.4, 0.5) is 5.69 Å². The molecule has 0 amide bonds. The number of anilines is 1. The molecule has 1 N–H and O–H groups in total. The van der Waals surface area contributed by atoms with Gasteiger partial charge in [0.25, 0.3) is 0 Å².